The maximum Gasteiger partial charge on any atom is 0.166 e. The van der Waals surface area contributed by atoms with E-state index in [1.54, 1.807) is 38.2 Å². The molecule has 3 aromatic rings. The molecule has 1 saturated heterocycles. The van der Waals surface area contributed by atoms with Crippen molar-refractivity contribution in [2.45, 2.75) is 76.6 Å². The molecule has 1 heterocycles. The molecule has 0 radical (unpaired) electrons. The molecule has 36 heavy (non-hydrogen) atoms. The summed E-state index contributed by atoms with van der Waals surface area (Å²) in [5.41, 5.74) is 3.49. The van der Waals surface area contributed by atoms with Gasteiger partial charge in [0.15, 0.2) is 11.6 Å². The minimum absolute atomic E-state index is 0.0849. The second kappa shape index (κ2) is 12.6. The smallest absolute Gasteiger partial charge is 0.166 e. The lowest BCUT2D eigenvalue weighted by atomic mass is 9.88. The fraction of sp³-hybridized carbons (Fsp3) is 0.419. The molecule has 4 rings (SSSR count). The van der Waals surface area contributed by atoms with Crippen LogP contribution in [0.15, 0.2) is 54.6 Å². The Morgan fingerprint density at radius 2 is 1.53 bits per heavy atom. The molecule has 2 atom stereocenters. The summed E-state index contributed by atoms with van der Waals surface area (Å²) in [5, 5.41) is 0. The van der Waals surface area contributed by atoms with Crippen LogP contribution in [0.4, 0.5) is 13.2 Å². The maximum absolute atomic E-state index is 15.1. The van der Waals surface area contributed by atoms with E-state index in [9.17, 15) is 8.78 Å². The minimum atomic E-state index is -0.828. The highest BCUT2D eigenvalue weighted by Gasteiger charge is 2.25. The highest BCUT2D eigenvalue weighted by Crippen LogP contribution is 2.34. The summed E-state index contributed by atoms with van der Waals surface area (Å²) in [6, 6.07) is 15.8. The molecular weight excluding hydrogens is 456 g/mol. The van der Waals surface area contributed by atoms with Gasteiger partial charge in [-0.15, -0.1) is 0 Å². The van der Waals surface area contributed by atoms with Gasteiger partial charge < -0.3 is 4.74 Å². The first-order valence-corrected chi connectivity index (χ1v) is 13.5. The Kier molecular flexibility index (Phi) is 9.31. The van der Waals surface area contributed by atoms with Gasteiger partial charge in [0.05, 0.1) is 12.7 Å². The van der Waals surface area contributed by atoms with Gasteiger partial charge in [0.2, 0.25) is 0 Å². The van der Waals surface area contributed by atoms with Gasteiger partial charge >= 0.3 is 0 Å². The molecule has 3 aromatic carbocycles. The Morgan fingerprint density at radius 1 is 0.806 bits per heavy atom. The van der Waals surface area contributed by atoms with Crippen LogP contribution in [0, 0.1) is 17.5 Å². The largest absolute Gasteiger partial charge is 0.378 e. The predicted octanol–water partition coefficient (Wildman–Crippen LogP) is 8.19. The van der Waals surface area contributed by atoms with E-state index in [1.807, 2.05) is 24.3 Å². The van der Waals surface area contributed by atoms with Crippen molar-refractivity contribution in [1.82, 2.24) is 0 Å². The standard InChI is InChI=1S/C31H36BF3O/c1-2-3-4-5-6-7-26-15-12-25(20-36-26)27-16-13-23(18-29(27)33)21-8-10-22(11-9-21)28-17-14-24(19-32)30(34)31(28)35/h8-11,13-14,16-18,25-26H,2-7,12,15,19-20,32H2,1H3. The van der Waals surface area contributed by atoms with Gasteiger partial charge in [0.1, 0.15) is 13.7 Å². The first kappa shape index (κ1) is 26.5. The van der Waals surface area contributed by atoms with Gasteiger partial charge in [0.25, 0.3) is 0 Å². The normalized spacial score (nSPS) is 17.9. The quantitative estimate of drug-likeness (QED) is 0.205. The van der Waals surface area contributed by atoms with Crippen LogP contribution >= 0.6 is 0 Å². The van der Waals surface area contributed by atoms with Crippen molar-refractivity contribution in [2.75, 3.05) is 6.61 Å². The molecule has 0 saturated carbocycles. The Labute approximate surface area is 214 Å². The van der Waals surface area contributed by atoms with Gasteiger partial charge in [0, 0.05) is 11.5 Å². The van der Waals surface area contributed by atoms with Gasteiger partial charge in [-0.05, 0) is 53.1 Å². The zero-order valence-electron chi connectivity index (χ0n) is 21.5. The molecule has 0 aromatic heterocycles. The fourth-order valence-corrected chi connectivity index (χ4v) is 5.22. The predicted molar refractivity (Wildman–Crippen MR) is 145 cm³/mol. The number of benzene rings is 3. The third-order valence-electron chi connectivity index (χ3n) is 7.51. The second-order valence-corrected chi connectivity index (χ2v) is 10.00. The molecule has 1 nitrogen and oxygen atoms in total. The van der Waals surface area contributed by atoms with E-state index in [4.69, 9.17) is 4.74 Å². The summed E-state index contributed by atoms with van der Waals surface area (Å²) in [5.74, 6) is -1.75. The van der Waals surface area contributed by atoms with Crippen LogP contribution in [0.1, 0.15) is 75.3 Å². The van der Waals surface area contributed by atoms with E-state index in [0.717, 1.165) is 30.4 Å². The number of hydrogen-bond donors (Lipinski definition) is 0. The molecule has 2 unspecified atom stereocenters. The van der Waals surface area contributed by atoms with E-state index in [2.05, 4.69) is 6.92 Å². The molecule has 0 N–H and O–H groups in total. The van der Waals surface area contributed by atoms with Crippen molar-refractivity contribution < 1.29 is 17.9 Å². The Balaban J connectivity index is 1.38. The van der Waals surface area contributed by atoms with Gasteiger partial charge in [-0.25, -0.2) is 13.2 Å². The number of rotatable bonds is 10. The minimum Gasteiger partial charge on any atom is -0.378 e. The molecule has 0 spiro atoms. The highest BCUT2D eigenvalue weighted by atomic mass is 19.2. The van der Waals surface area contributed by atoms with Gasteiger partial charge in [-0.3, -0.25) is 0 Å². The highest BCUT2D eigenvalue weighted by molar-refractivity contribution is 6.08. The Hall–Kier alpha value is -2.53. The lowest BCUT2D eigenvalue weighted by Gasteiger charge is -2.29. The average Bonchev–Trinajstić information content (AvgIpc) is 2.91. The molecule has 1 aliphatic heterocycles. The van der Waals surface area contributed by atoms with Crippen LogP contribution in [0.3, 0.4) is 0 Å². The van der Waals surface area contributed by atoms with Gasteiger partial charge in [-0.1, -0.05) is 93.9 Å². The molecule has 0 aliphatic carbocycles. The van der Waals surface area contributed by atoms with Crippen LogP contribution in [0.5, 0.6) is 0 Å². The van der Waals surface area contributed by atoms with Crippen LogP contribution in [-0.2, 0) is 11.1 Å². The summed E-state index contributed by atoms with van der Waals surface area (Å²) in [4.78, 5) is 0. The third kappa shape index (κ3) is 6.23. The third-order valence-corrected chi connectivity index (χ3v) is 7.51. The lowest BCUT2D eigenvalue weighted by Crippen LogP contribution is -2.25. The molecule has 1 aliphatic rings. The summed E-state index contributed by atoms with van der Waals surface area (Å²) in [6.45, 7) is 2.80. The topological polar surface area (TPSA) is 9.23 Å². The van der Waals surface area contributed by atoms with Crippen LogP contribution in [0.25, 0.3) is 22.3 Å². The summed E-state index contributed by atoms with van der Waals surface area (Å²) in [6.07, 6.45) is 10.1. The molecule has 1 fully saturated rings. The molecule has 5 heteroatoms. The first-order chi connectivity index (χ1) is 17.5. The molecule has 0 bridgehead atoms. The second-order valence-electron chi connectivity index (χ2n) is 10.00. The number of ether oxygens (including phenoxy) is 1. The molecule has 0 amide bonds. The van der Waals surface area contributed by atoms with Crippen molar-refractivity contribution in [3.8, 4) is 22.3 Å². The SMILES string of the molecule is BCc1ccc(-c2ccc(-c3ccc(C4CCC(CCCCCCC)OC4)c(F)c3)cc2)c(F)c1F. The maximum atomic E-state index is 15.1. The van der Waals surface area contributed by atoms with Crippen LogP contribution < -0.4 is 0 Å². The van der Waals surface area contributed by atoms with Crippen molar-refractivity contribution in [1.29, 1.82) is 0 Å². The Morgan fingerprint density at radius 3 is 2.19 bits per heavy atom. The summed E-state index contributed by atoms with van der Waals surface area (Å²) < 4.78 is 49.9. The van der Waals surface area contributed by atoms with Crippen molar-refractivity contribution >= 4 is 7.85 Å². The number of halogens is 3. The van der Waals surface area contributed by atoms with Crippen molar-refractivity contribution in [2.24, 2.45) is 0 Å². The van der Waals surface area contributed by atoms with Crippen molar-refractivity contribution in [3.05, 3.63) is 83.2 Å². The average molecular weight is 492 g/mol. The first-order valence-electron chi connectivity index (χ1n) is 13.5. The van der Waals surface area contributed by atoms with Gasteiger partial charge in [-0.2, -0.15) is 0 Å². The zero-order chi connectivity index (χ0) is 25.5. The zero-order valence-corrected chi connectivity index (χ0v) is 21.5. The van der Waals surface area contributed by atoms with Crippen LogP contribution in [-0.4, -0.2) is 20.6 Å². The van der Waals surface area contributed by atoms with E-state index in [1.165, 1.54) is 32.1 Å². The van der Waals surface area contributed by atoms with E-state index >= 15 is 4.39 Å². The molecule has 190 valence electrons. The Bertz CT molecular complexity index is 1140. The molecular formula is C31H36BF3O. The summed E-state index contributed by atoms with van der Waals surface area (Å²) >= 11 is 0. The fourth-order valence-electron chi connectivity index (χ4n) is 5.22. The van der Waals surface area contributed by atoms with E-state index < -0.39 is 11.6 Å². The van der Waals surface area contributed by atoms with E-state index in [0.29, 0.717) is 35.7 Å². The van der Waals surface area contributed by atoms with E-state index in [-0.39, 0.29) is 17.3 Å². The van der Waals surface area contributed by atoms with Crippen LogP contribution in [0.2, 0.25) is 0 Å². The number of unbranched alkanes of at least 4 members (excludes halogenated alkanes) is 4. The number of hydrogen-bond acceptors (Lipinski definition) is 1. The summed E-state index contributed by atoms with van der Waals surface area (Å²) in [7, 11) is 1.80. The van der Waals surface area contributed by atoms with Crippen molar-refractivity contribution in [3.63, 3.8) is 0 Å². The lowest BCUT2D eigenvalue weighted by molar-refractivity contribution is -0.00273. The monoisotopic (exact) mass is 492 g/mol.